The molecule has 1 fully saturated rings. The van der Waals surface area contributed by atoms with Gasteiger partial charge in [-0.05, 0) is 45.5 Å². The van der Waals surface area contributed by atoms with Gasteiger partial charge in [-0.1, -0.05) is 16.9 Å². The molecule has 0 bridgehead atoms. The molecule has 0 aromatic carbocycles. The van der Waals surface area contributed by atoms with Gasteiger partial charge in [0.1, 0.15) is 0 Å². The van der Waals surface area contributed by atoms with Crippen LogP contribution in [0.2, 0.25) is 0 Å². The van der Waals surface area contributed by atoms with Crippen LogP contribution in [0.15, 0.2) is 12.1 Å². The van der Waals surface area contributed by atoms with E-state index in [-0.39, 0.29) is 0 Å². The molecule has 2 heterocycles. The summed E-state index contributed by atoms with van der Waals surface area (Å²) in [5, 5.41) is 0.316. The number of hydrogen-bond donors (Lipinski definition) is 1. The van der Waals surface area contributed by atoms with E-state index in [4.69, 9.17) is 9.72 Å². The second-order valence-electron chi connectivity index (χ2n) is 5.67. The van der Waals surface area contributed by atoms with Gasteiger partial charge in [0, 0.05) is 19.1 Å². The molecule has 1 aliphatic rings. The number of nitrogens with zero attached hydrogens (tertiary/aromatic N) is 2. The highest BCUT2D eigenvalue weighted by atomic mass is 33.1. The Labute approximate surface area is 131 Å². The average Bonchev–Trinajstić information content (AvgIpc) is 2.46. The van der Waals surface area contributed by atoms with E-state index in [1.807, 2.05) is 0 Å². The molecule has 1 aromatic heterocycles. The molecule has 1 aromatic rings. The largest absolute Gasteiger partial charge is 0.381 e. The monoisotopic (exact) mass is 312 g/mol. The number of hydrogen-bond acceptors (Lipinski definition) is 5. The molecule has 5 heteroatoms. The number of pyridine rings is 1. The summed E-state index contributed by atoms with van der Waals surface area (Å²) in [7, 11) is 5.72. The van der Waals surface area contributed by atoms with Crippen molar-refractivity contribution in [1.82, 2.24) is 9.88 Å². The van der Waals surface area contributed by atoms with Crippen molar-refractivity contribution in [2.24, 2.45) is 0 Å². The molecule has 0 saturated carbocycles. The summed E-state index contributed by atoms with van der Waals surface area (Å²) >= 11 is 4.30. The maximum atomic E-state index is 5.64. The predicted octanol–water partition coefficient (Wildman–Crippen LogP) is 3.68. The van der Waals surface area contributed by atoms with Crippen molar-refractivity contribution in [3.63, 3.8) is 0 Å². The quantitative estimate of drug-likeness (QED) is 0.662. The normalized spacial score (nSPS) is 21.1. The summed E-state index contributed by atoms with van der Waals surface area (Å²) in [6, 6.07) is 4.40. The predicted molar refractivity (Wildman–Crippen MR) is 89.4 cm³/mol. The second kappa shape index (κ2) is 7.69. The van der Waals surface area contributed by atoms with E-state index in [9.17, 15) is 0 Å². The van der Waals surface area contributed by atoms with Crippen molar-refractivity contribution < 1.29 is 4.74 Å². The van der Waals surface area contributed by atoms with Crippen molar-refractivity contribution in [2.75, 3.05) is 27.3 Å². The highest BCUT2D eigenvalue weighted by Gasteiger charge is 2.21. The maximum absolute atomic E-state index is 5.64. The van der Waals surface area contributed by atoms with Crippen molar-refractivity contribution >= 4 is 22.5 Å². The fourth-order valence-electron chi connectivity index (χ4n) is 2.59. The van der Waals surface area contributed by atoms with Crippen molar-refractivity contribution in [3.05, 3.63) is 29.1 Å². The van der Waals surface area contributed by atoms with Gasteiger partial charge < -0.3 is 9.64 Å². The number of aromatic nitrogens is 1. The summed E-state index contributed by atoms with van der Waals surface area (Å²) in [6.45, 7) is 4.75. The van der Waals surface area contributed by atoms with Crippen molar-refractivity contribution in [1.29, 1.82) is 0 Å². The topological polar surface area (TPSA) is 25.4 Å². The average molecular weight is 313 g/mol. The number of thiol groups is 1. The lowest BCUT2D eigenvalue weighted by Crippen LogP contribution is -2.21. The van der Waals surface area contributed by atoms with Crippen LogP contribution in [0.1, 0.15) is 47.9 Å². The fourth-order valence-corrected chi connectivity index (χ4v) is 3.16. The summed E-state index contributed by atoms with van der Waals surface area (Å²) in [6.07, 6.45) is 2.36. The highest BCUT2D eigenvalue weighted by Crippen LogP contribution is 2.33. The zero-order chi connectivity index (χ0) is 14.5. The molecule has 2 rings (SSSR count). The third kappa shape index (κ3) is 4.13. The third-order valence-corrected chi connectivity index (χ3v) is 5.18. The molecule has 1 unspecified atom stereocenters. The second-order valence-corrected chi connectivity index (χ2v) is 7.22. The standard InChI is InChI=1S/C15H24N2OS2/c1-11(20-19)14-7-6-13(12-5-4-8-18-10-12)15(16-14)9-17(2)3/h6-7,11-12,19H,4-5,8-10H2,1-3H3/t11?,12-/m0/s1. The number of ether oxygens (including phenoxy) is 1. The Bertz CT molecular complexity index is 434. The van der Waals surface area contributed by atoms with Gasteiger partial charge in [0.2, 0.25) is 0 Å². The molecule has 1 saturated heterocycles. The fraction of sp³-hybridized carbons (Fsp3) is 0.667. The molecule has 112 valence electrons. The van der Waals surface area contributed by atoms with Crippen LogP contribution < -0.4 is 0 Å². The molecule has 2 atom stereocenters. The van der Waals surface area contributed by atoms with Crippen LogP contribution in [0.5, 0.6) is 0 Å². The van der Waals surface area contributed by atoms with Gasteiger partial charge in [0.15, 0.2) is 0 Å². The maximum Gasteiger partial charge on any atom is 0.0583 e. The van der Waals surface area contributed by atoms with E-state index in [2.05, 4.69) is 49.7 Å². The van der Waals surface area contributed by atoms with Gasteiger partial charge in [0.05, 0.1) is 23.2 Å². The molecule has 0 amide bonds. The highest BCUT2D eigenvalue weighted by molar-refractivity contribution is 8.68. The molecular weight excluding hydrogens is 288 g/mol. The molecule has 1 aliphatic heterocycles. The first-order chi connectivity index (χ1) is 9.61. The van der Waals surface area contributed by atoms with Crippen LogP contribution in [-0.2, 0) is 11.3 Å². The van der Waals surface area contributed by atoms with Crippen molar-refractivity contribution in [2.45, 2.75) is 37.5 Å². The van der Waals surface area contributed by atoms with Gasteiger partial charge in [0.25, 0.3) is 0 Å². The minimum atomic E-state index is 0.316. The van der Waals surface area contributed by atoms with Crippen LogP contribution in [0.25, 0.3) is 0 Å². The first kappa shape index (κ1) is 16.1. The van der Waals surface area contributed by atoms with Gasteiger partial charge in [-0.25, -0.2) is 0 Å². The third-order valence-electron chi connectivity index (χ3n) is 3.67. The lowest BCUT2D eigenvalue weighted by Gasteiger charge is -2.25. The molecule has 3 nitrogen and oxygen atoms in total. The minimum absolute atomic E-state index is 0.316. The molecule has 0 spiro atoms. The summed E-state index contributed by atoms with van der Waals surface area (Å²) in [4.78, 5) is 7.07. The lowest BCUT2D eigenvalue weighted by atomic mass is 9.91. The SMILES string of the molecule is CC(SS)c1ccc([C@H]2CCCOC2)c(CN(C)C)n1. The van der Waals surface area contributed by atoms with Gasteiger partial charge in [-0.15, -0.1) is 11.7 Å². The molecule has 20 heavy (non-hydrogen) atoms. The molecule has 0 N–H and O–H groups in total. The van der Waals surface area contributed by atoms with E-state index in [1.165, 1.54) is 17.7 Å². The molecule has 0 radical (unpaired) electrons. The number of rotatable bonds is 5. The van der Waals surface area contributed by atoms with Crippen molar-refractivity contribution in [3.8, 4) is 0 Å². The van der Waals surface area contributed by atoms with Gasteiger partial charge in [-0.3, -0.25) is 4.98 Å². The van der Waals surface area contributed by atoms with E-state index >= 15 is 0 Å². The van der Waals surface area contributed by atoms with E-state index < -0.39 is 0 Å². The molecular formula is C15H24N2OS2. The Morgan fingerprint density at radius 3 is 2.90 bits per heavy atom. The summed E-state index contributed by atoms with van der Waals surface area (Å²) < 4.78 is 5.64. The van der Waals surface area contributed by atoms with Crippen LogP contribution in [0, 0.1) is 0 Å². The van der Waals surface area contributed by atoms with Crippen LogP contribution in [-0.4, -0.2) is 37.2 Å². The van der Waals surface area contributed by atoms with Crippen LogP contribution in [0.4, 0.5) is 0 Å². The zero-order valence-electron chi connectivity index (χ0n) is 12.5. The smallest absolute Gasteiger partial charge is 0.0583 e. The van der Waals surface area contributed by atoms with E-state index in [1.54, 1.807) is 10.8 Å². The Morgan fingerprint density at radius 2 is 2.30 bits per heavy atom. The van der Waals surface area contributed by atoms with Gasteiger partial charge >= 0.3 is 0 Å². The Morgan fingerprint density at radius 1 is 1.50 bits per heavy atom. The first-order valence-electron chi connectivity index (χ1n) is 7.14. The summed E-state index contributed by atoms with van der Waals surface area (Å²) in [5.41, 5.74) is 3.66. The van der Waals surface area contributed by atoms with Gasteiger partial charge in [-0.2, -0.15) is 0 Å². The minimum Gasteiger partial charge on any atom is -0.381 e. The Balaban J connectivity index is 2.29. The van der Waals surface area contributed by atoms with E-state index in [0.717, 1.165) is 31.9 Å². The lowest BCUT2D eigenvalue weighted by molar-refractivity contribution is 0.0799. The first-order valence-corrected chi connectivity index (χ1v) is 9.07. The molecule has 0 aliphatic carbocycles. The van der Waals surface area contributed by atoms with E-state index in [0.29, 0.717) is 11.2 Å². The zero-order valence-corrected chi connectivity index (χ0v) is 14.2. The summed E-state index contributed by atoms with van der Waals surface area (Å²) in [5.74, 6) is 0.499. The van der Waals surface area contributed by atoms with Crippen LogP contribution in [0.3, 0.4) is 0 Å². The Kier molecular flexibility index (Phi) is 6.20. The van der Waals surface area contributed by atoms with Crippen LogP contribution >= 0.6 is 22.5 Å². The Hall–Kier alpha value is -0.230.